The molecule has 0 aliphatic carbocycles. The van der Waals surface area contributed by atoms with Gasteiger partial charge < -0.3 is 0 Å². The van der Waals surface area contributed by atoms with E-state index in [1.807, 2.05) is 33.1 Å². The molecule has 0 aromatic carbocycles. The summed E-state index contributed by atoms with van der Waals surface area (Å²) in [4.78, 5) is 22.0. The van der Waals surface area contributed by atoms with Gasteiger partial charge >= 0.3 is 0 Å². The molecular weight excluding hydrogens is 340 g/mol. The van der Waals surface area contributed by atoms with E-state index in [-0.39, 0.29) is 5.56 Å². The first-order valence-electron chi connectivity index (χ1n) is 7.40. The molecule has 0 aliphatic rings. The van der Waals surface area contributed by atoms with E-state index in [1.54, 1.807) is 10.5 Å². The van der Waals surface area contributed by atoms with Gasteiger partial charge in [0.1, 0.15) is 11.1 Å². The number of pyridine rings is 1. The van der Waals surface area contributed by atoms with E-state index in [2.05, 4.69) is 16.0 Å². The van der Waals surface area contributed by atoms with Crippen molar-refractivity contribution in [3.05, 3.63) is 55.6 Å². The van der Waals surface area contributed by atoms with Crippen molar-refractivity contribution < 1.29 is 0 Å². The summed E-state index contributed by atoms with van der Waals surface area (Å²) in [7, 11) is 0. The standard InChI is InChI=1S/C17H16N4OS2/c1-9-7-24-17-20-13(5-15(22)21(9)17)8-23-16-14(6-18)11(3)10(2)12(4)19-16/h5,7H,8H2,1-4H3. The predicted octanol–water partition coefficient (Wildman–Crippen LogP) is 3.55. The van der Waals surface area contributed by atoms with Gasteiger partial charge in [0, 0.05) is 28.6 Å². The van der Waals surface area contributed by atoms with E-state index in [4.69, 9.17) is 0 Å². The third-order valence-corrected chi connectivity index (χ3v) is 6.01. The Labute approximate surface area is 148 Å². The average molecular weight is 356 g/mol. The van der Waals surface area contributed by atoms with Crippen LogP contribution in [0, 0.1) is 39.0 Å². The van der Waals surface area contributed by atoms with Crippen LogP contribution in [0.15, 0.2) is 21.3 Å². The highest BCUT2D eigenvalue weighted by molar-refractivity contribution is 7.98. The lowest BCUT2D eigenvalue weighted by atomic mass is 10.1. The van der Waals surface area contributed by atoms with Gasteiger partial charge in [-0.2, -0.15) is 5.26 Å². The third kappa shape index (κ3) is 2.83. The van der Waals surface area contributed by atoms with Crippen LogP contribution in [0.4, 0.5) is 0 Å². The van der Waals surface area contributed by atoms with Gasteiger partial charge in [-0.05, 0) is 38.8 Å². The Morgan fingerprint density at radius 2 is 2.00 bits per heavy atom. The Morgan fingerprint density at radius 1 is 1.25 bits per heavy atom. The first-order valence-corrected chi connectivity index (χ1v) is 9.26. The highest BCUT2D eigenvalue weighted by Gasteiger charge is 2.14. The normalized spacial score (nSPS) is 11.0. The van der Waals surface area contributed by atoms with E-state index in [0.29, 0.717) is 27.0 Å². The number of thioether (sulfide) groups is 1. The topological polar surface area (TPSA) is 71.1 Å². The van der Waals surface area contributed by atoms with Crippen LogP contribution < -0.4 is 5.56 Å². The Hall–Kier alpha value is -2.17. The van der Waals surface area contributed by atoms with Gasteiger partial charge in [0.05, 0.1) is 11.3 Å². The second-order valence-corrected chi connectivity index (χ2v) is 7.41. The van der Waals surface area contributed by atoms with Crippen LogP contribution in [0.2, 0.25) is 0 Å². The number of hydrogen-bond acceptors (Lipinski definition) is 6. The van der Waals surface area contributed by atoms with Gasteiger partial charge in [-0.25, -0.2) is 9.97 Å². The molecule has 5 nitrogen and oxygen atoms in total. The van der Waals surface area contributed by atoms with Crippen molar-refractivity contribution in [1.82, 2.24) is 14.4 Å². The highest BCUT2D eigenvalue weighted by atomic mass is 32.2. The maximum atomic E-state index is 12.2. The molecule has 3 aromatic heterocycles. The quantitative estimate of drug-likeness (QED) is 0.671. The fourth-order valence-electron chi connectivity index (χ4n) is 2.46. The number of thiazole rings is 1. The summed E-state index contributed by atoms with van der Waals surface area (Å²) < 4.78 is 1.61. The summed E-state index contributed by atoms with van der Waals surface area (Å²) in [6.45, 7) is 7.75. The summed E-state index contributed by atoms with van der Waals surface area (Å²) in [6.07, 6.45) is 0. The van der Waals surface area contributed by atoms with Gasteiger partial charge in [-0.15, -0.1) is 11.3 Å². The summed E-state index contributed by atoms with van der Waals surface area (Å²) >= 11 is 2.90. The maximum Gasteiger partial charge on any atom is 0.258 e. The second-order valence-electron chi connectivity index (χ2n) is 5.61. The van der Waals surface area contributed by atoms with Gasteiger partial charge in [0.25, 0.3) is 5.56 Å². The SMILES string of the molecule is Cc1nc(SCc2cc(=O)n3c(C)csc3n2)c(C#N)c(C)c1C. The molecule has 0 saturated carbocycles. The lowest BCUT2D eigenvalue weighted by Gasteiger charge is -2.10. The molecule has 0 radical (unpaired) electrons. The zero-order valence-corrected chi connectivity index (χ0v) is 15.5. The molecule has 0 amide bonds. The van der Waals surface area contributed by atoms with E-state index in [1.165, 1.54) is 23.1 Å². The Bertz CT molecular complexity index is 1040. The molecule has 3 aromatic rings. The monoisotopic (exact) mass is 356 g/mol. The molecule has 0 saturated heterocycles. The summed E-state index contributed by atoms with van der Waals surface area (Å²) in [5.41, 5.74) is 5.06. The summed E-state index contributed by atoms with van der Waals surface area (Å²) in [5.74, 6) is 0.506. The Balaban J connectivity index is 1.95. The predicted molar refractivity (Wildman–Crippen MR) is 96.8 cm³/mol. The molecule has 24 heavy (non-hydrogen) atoms. The van der Waals surface area contributed by atoms with Crippen molar-refractivity contribution in [3.63, 3.8) is 0 Å². The van der Waals surface area contributed by atoms with Crippen LogP contribution in [0.25, 0.3) is 4.96 Å². The third-order valence-electron chi connectivity index (χ3n) is 4.06. The molecule has 0 fully saturated rings. The fraction of sp³-hybridized carbons (Fsp3) is 0.294. The zero-order chi connectivity index (χ0) is 17.4. The number of rotatable bonds is 3. The van der Waals surface area contributed by atoms with Gasteiger partial charge in [-0.3, -0.25) is 9.20 Å². The van der Waals surface area contributed by atoms with Crippen LogP contribution in [-0.2, 0) is 5.75 Å². The summed E-state index contributed by atoms with van der Waals surface area (Å²) in [6, 6.07) is 3.80. The maximum absolute atomic E-state index is 12.2. The molecule has 0 spiro atoms. The molecule has 0 N–H and O–H groups in total. The minimum Gasteiger partial charge on any atom is -0.269 e. The molecular formula is C17H16N4OS2. The van der Waals surface area contributed by atoms with Crippen LogP contribution in [0.3, 0.4) is 0 Å². The largest absolute Gasteiger partial charge is 0.269 e. The molecule has 7 heteroatoms. The Kier molecular flexibility index (Phi) is 4.43. The number of hydrogen-bond donors (Lipinski definition) is 0. The van der Waals surface area contributed by atoms with Gasteiger partial charge in [-0.1, -0.05) is 11.8 Å². The molecule has 0 bridgehead atoms. The first kappa shape index (κ1) is 16.7. The first-order chi connectivity index (χ1) is 11.4. The molecule has 0 unspecified atom stereocenters. The number of aromatic nitrogens is 3. The van der Waals surface area contributed by atoms with Gasteiger partial charge in [0.2, 0.25) is 0 Å². The Morgan fingerprint density at radius 3 is 2.71 bits per heavy atom. The van der Waals surface area contributed by atoms with Gasteiger partial charge in [0.15, 0.2) is 4.96 Å². The smallest absolute Gasteiger partial charge is 0.258 e. The molecule has 122 valence electrons. The lowest BCUT2D eigenvalue weighted by Crippen LogP contribution is -2.14. The number of aryl methyl sites for hydroxylation is 2. The van der Waals surface area contributed by atoms with Crippen molar-refractivity contribution in [2.75, 3.05) is 0 Å². The molecule has 0 aliphatic heterocycles. The molecule has 3 heterocycles. The minimum absolute atomic E-state index is 0.0703. The van der Waals surface area contributed by atoms with Crippen molar-refractivity contribution in [3.8, 4) is 6.07 Å². The highest BCUT2D eigenvalue weighted by Crippen LogP contribution is 2.28. The van der Waals surface area contributed by atoms with Crippen molar-refractivity contribution >= 4 is 28.1 Å². The van der Waals surface area contributed by atoms with E-state index in [0.717, 1.165) is 22.5 Å². The van der Waals surface area contributed by atoms with Crippen molar-refractivity contribution in [1.29, 1.82) is 5.26 Å². The van der Waals surface area contributed by atoms with E-state index >= 15 is 0 Å². The fourth-order valence-corrected chi connectivity index (χ4v) is 4.33. The number of fused-ring (bicyclic) bond motifs is 1. The van der Waals surface area contributed by atoms with E-state index in [9.17, 15) is 10.1 Å². The lowest BCUT2D eigenvalue weighted by molar-refractivity contribution is 0.986. The van der Waals surface area contributed by atoms with Crippen LogP contribution in [-0.4, -0.2) is 14.4 Å². The van der Waals surface area contributed by atoms with Crippen molar-refractivity contribution in [2.45, 2.75) is 38.5 Å². The van der Waals surface area contributed by atoms with Crippen LogP contribution >= 0.6 is 23.1 Å². The summed E-state index contributed by atoms with van der Waals surface area (Å²) in [5, 5.41) is 12.0. The van der Waals surface area contributed by atoms with Crippen LogP contribution in [0.5, 0.6) is 0 Å². The van der Waals surface area contributed by atoms with Crippen molar-refractivity contribution in [2.24, 2.45) is 0 Å². The average Bonchev–Trinajstić information content (AvgIpc) is 2.92. The zero-order valence-electron chi connectivity index (χ0n) is 13.9. The molecule has 0 atom stereocenters. The number of nitriles is 1. The second kappa shape index (κ2) is 6.38. The van der Waals surface area contributed by atoms with E-state index < -0.39 is 0 Å². The number of nitrogens with zero attached hydrogens (tertiary/aromatic N) is 4. The molecule has 3 rings (SSSR count). The van der Waals surface area contributed by atoms with Crippen LogP contribution in [0.1, 0.15) is 33.8 Å². The minimum atomic E-state index is -0.0703.